The molecule has 0 aliphatic carbocycles. The number of nitrogens with zero attached hydrogens (tertiary/aromatic N) is 2. The highest BCUT2D eigenvalue weighted by molar-refractivity contribution is 5.12. The molecule has 3 N–H and O–H groups in total. The van der Waals surface area contributed by atoms with Crippen LogP contribution in [-0.2, 0) is 7.05 Å². The molecule has 82 valence electrons. The van der Waals surface area contributed by atoms with E-state index < -0.39 is 0 Å². The van der Waals surface area contributed by atoms with Crippen LogP contribution in [0.2, 0.25) is 0 Å². The Morgan fingerprint density at radius 1 is 1.73 bits per heavy atom. The van der Waals surface area contributed by atoms with Crippen LogP contribution in [0, 0.1) is 19.3 Å². The molecule has 1 atom stereocenters. The molecule has 0 aliphatic heterocycles. The van der Waals surface area contributed by atoms with Gasteiger partial charge in [-0.25, -0.2) is 0 Å². The summed E-state index contributed by atoms with van der Waals surface area (Å²) >= 11 is 0. The maximum Gasteiger partial charge on any atom is 0.0629 e. The number of hydrogen-bond acceptors (Lipinski definition) is 3. The van der Waals surface area contributed by atoms with Crippen molar-refractivity contribution >= 4 is 0 Å². The fourth-order valence-corrected chi connectivity index (χ4v) is 1.68. The number of hydrazine groups is 1. The summed E-state index contributed by atoms with van der Waals surface area (Å²) < 4.78 is 1.86. The van der Waals surface area contributed by atoms with Gasteiger partial charge in [0.15, 0.2) is 0 Å². The summed E-state index contributed by atoms with van der Waals surface area (Å²) in [7, 11) is 1.92. The number of nitrogens with one attached hydrogen (secondary N) is 1. The zero-order chi connectivity index (χ0) is 11.3. The fourth-order valence-electron chi connectivity index (χ4n) is 1.68. The topological polar surface area (TPSA) is 55.9 Å². The van der Waals surface area contributed by atoms with Crippen LogP contribution in [0.1, 0.15) is 36.7 Å². The molecule has 0 spiro atoms. The molecule has 4 nitrogen and oxygen atoms in total. The minimum Gasteiger partial charge on any atom is -0.271 e. The van der Waals surface area contributed by atoms with Gasteiger partial charge in [0.05, 0.1) is 17.4 Å². The van der Waals surface area contributed by atoms with Gasteiger partial charge in [-0.2, -0.15) is 5.10 Å². The Hall–Kier alpha value is -1.31. The van der Waals surface area contributed by atoms with Crippen molar-refractivity contribution in [2.45, 2.75) is 32.2 Å². The smallest absolute Gasteiger partial charge is 0.0629 e. The monoisotopic (exact) mass is 206 g/mol. The highest BCUT2D eigenvalue weighted by Crippen LogP contribution is 2.18. The van der Waals surface area contributed by atoms with Gasteiger partial charge in [0.2, 0.25) is 0 Å². The highest BCUT2D eigenvalue weighted by atomic mass is 15.3. The van der Waals surface area contributed by atoms with Crippen LogP contribution >= 0.6 is 0 Å². The zero-order valence-corrected chi connectivity index (χ0v) is 9.33. The second-order valence-electron chi connectivity index (χ2n) is 3.65. The van der Waals surface area contributed by atoms with E-state index in [1.807, 2.05) is 24.7 Å². The van der Waals surface area contributed by atoms with E-state index in [-0.39, 0.29) is 6.04 Å². The summed E-state index contributed by atoms with van der Waals surface area (Å²) in [6.07, 6.45) is 7.89. The van der Waals surface area contributed by atoms with Gasteiger partial charge in [-0.15, -0.1) is 12.3 Å². The normalized spacial score (nSPS) is 12.4. The van der Waals surface area contributed by atoms with Crippen molar-refractivity contribution in [3.63, 3.8) is 0 Å². The van der Waals surface area contributed by atoms with Crippen molar-refractivity contribution in [1.29, 1.82) is 0 Å². The van der Waals surface area contributed by atoms with Gasteiger partial charge in [-0.3, -0.25) is 16.0 Å². The number of terminal acetylenes is 1. The summed E-state index contributed by atoms with van der Waals surface area (Å²) in [5.41, 5.74) is 4.91. The first-order valence-corrected chi connectivity index (χ1v) is 5.09. The Kier molecular flexibility index (Phi) is 4.35. The van der Waals surface area contributed by atoms with Crippen LogP contribution in [-0.4, -0.2) is 9.78 Å². The van der Waals surface area contributed by atoms with Crippen LogP contribution in [0.5, 0.6) is 0 Å². The van der Waals surface area contributed by atoms with E-state index in [0.717, 1.165) is 30.7 Å². The van der Waals surface area contributed by atoms with Crippen LogP contribution in [0.4, 0.5) is 0 Å². The van der Waals surface area contributed by atoms with E-state index in [1.165, 1.54) is 0 Å². The number of aromatic nitrogens is 2. The van der Waals surface area contributed by atoms with Gasteiger partial charge in [-0.1, -0.05) is 0 Å². The number of aryl methyl sites for hydroxylation is 2. The number of unbranched alkanes of at least 4 members (excludes halogenated alkanes) is 1. The summed E-state index contributed by atoms with van der Waals surface area (Å²) in [5, 5.41) is 4.29. The van der Waals surface area contributed by atoms with Gasteiger partial charge in [0.1, 0.15) is 0 Å². The molecule has 0 saturated carbocycles. The molecule has 0 bridgehead atoms. The molecule has 0 aliphatic rings. The lowest BCUT2D eigenvalue weighted by Gasteiger charge is -2.15. The van der Waals surface area contributed by atoms with Crippen molar-refractivity contribution in [3.05, 3.63) is 17.5 Å². The van der Waals surface area contributed by atoms with Gasteiger partial charge in [-0.05, 0) is 25.8 Å². The van der Waals surface area contributed by atoms with Crippen molar-refractivity contribution in [2.75, 3.05) is 0 Å². The van der Waals surface area contributed by atoms with E-state index >= 15 is 0 Å². The molecule has 0 aromatic carbocycles. The summed E-state index contributed by atoms with van der Waals surface area (Å²) in [5.74, 6) is 8.15. The van der Waals surface area contributed by atoms with E-state index in [9.17, 15) is 0 Å². The third-order valence-corrected chi connectivity index (χ3v) is 2.41. The standard InChI is InChI=1S/C11H18N4/c1-4-5-6-7-10(13-12)11-8-9(2)14-15(11)3/h1,8,10,13H,5-7,12H2,2-3H3. The molecule has 0 amide bonds. The Balaban J connectivity index is 2.66. The molecule has 1 rings (SSSR count). The molecule has 0 fully saturated rings. The minimum absolute atomic E-state index is 0.129. The van der Waals surface area contributed by atoms with Gasteiger partial charge in [0.25, 0.3) is 0 Å². The minimum atomic E-state index is 0.129. The Morgan fingerprint density at radius 2 is 2.47 bits per heavy atom. The SMILES string of the molecule is C#CCCCC(NN)c1cc(C)nn1C. The van der Waals surface area contributed by atoms with Crippen molar-refractivity contribution in [1.82, 2.24) is 15.2 Å². The Morgan fingerprint density at radius 3 is 2.93 bits per heavy atom. The van der Waals surface area contributed by atoms with E-state index in [1.54, 1.807) is 0 Å². The molecule has 1 heterocycles. The van der Waals surface area contributed by atoms with Crippen molar-refractivity contribution in [3.8, 4) is 12.3 Å². The average Bonchev–Trinajstić information content (AvgIpc) is 2.53. The first kappa shape index (κ1) is 11.8. The Labute approximate surface area is 90.8 Å². The molecule has 0 saturated heterocycles. The van der Waals surface area contributed by atoms with Gasteiger partial charge >= 0.3 is 0 Å². The molecule has 1 aromatic rings. The second kappa shape index (κ2) is 5.54. The maximum atomic E-state index is 5.52. The Bertz CT molecular complexity index is 348. The molecule has 15 heavy (non-hydrogen) atoms. The van der Waals surface area contributed by atoms with Crippen LogP contribution < -0.4 is 11.3 Å². The van der Waals surface area contributed by atoms with E-state index in [0.29, 0.717) is 0 Å². The van der Waals surface area contributed by atoms with Gasteiger partial charge < -0.3 is 0 Å². The molecule has 0 radical (unpaired) electrons. The third kappa shape index (κ3) is 3.08. The lowest BCUT2D eigenvalue weighted by atomic mass is 10.1. The number of rotatable bonds is 5. The van der Waals surface area contributed by atoms with E-state index in [2.05, 4.69) is 16.4 Å². The third-order valence-electron chi connectivity index (χ3n) is 2.41. The lowest BCUT2D eigenvalue weighted by molar-refractivity contribution is 0.469. The summed E-state index contributed by atoms with van der Waals surface area (Å²) in [6, 6.07) is 2.17. The molecular weight excluding hydrogens is 188 g/mol. The lowest BCUT2D eigenvalue weighted by Crippen LogP contribution is -2.29. The van der Waals surface area contributed by atoms with Gasteiger partial charge in [0, 0.05) is 13.5 Å². The zero-order valence-electron chi connectivity index (χ0n) is 9.33. The fraction of sp³-hybridized carbons (Fsp3) is 0.545. The predicted molar refractivity (Wildman–Crippen MR) is 60.7 cm³/mol. The van der Waals surface area contributed by atoms with Crippen molar-refractivity contribution < 1.29 is 0 Å². The van der Waals surface area contributed by atoms with Crippen LogP contribution in [0.15, 0.2) is 6.07 Å². The largest absolute Gasteiger partial charge is 0.271 e. The quantitative estimate of drug-likeness (QED) is 0.327. The highest BCUT2D eigenvalue weighted by Gasteiger charge is 2.13. The number of nitrogens with two attached hydrogens (primary N) is 1. The maximum absolute atomic E-state index is 5.52. The van der Waals surface area contributed by atoms with Crippen LogP contribution in [0.25, 0.3) is 0 Å². The second-order valence-corrected chi connectivity index (χ2v) is 3.65. The first-order valence-electron chi connectivity index (χ1n) is 5.09. The van der Waals surface area contributed by atoms with Crippen LogP contribution in [0.3, 0.4) is 0 Å². The first-order chi connectivity index (χ1) is 7.19. The molecular formula is C11H18N4. The van der Waals surface area contributed by atoms with Crippen molar-refractivity contribution in [2.24, 2.45) is 12.9 Å². The molecule has 1 unspecified atom stereocenters. The average molecular weight is 206 g/mol. The molecule has 4 heteroatoms. The number of hydrogen-bond donors (Lipinski definition) is 2. The van der Waals surface area contributed by atoms with E-state index in [4.69, 9.17) is 12.3 Å². The predicted octanol–water partition coefficient (Wildman–Crippen LogP) is 1.04. The summed E-state index contributed by atoms with van der Waals surface area (Å²) in [4.78, 5) is 0. The molecule has 1 aromatic heterocycles. The summed E-state index contributed by atoms with van der Waals surface area (Å²) in [6.45, 7) is 1.97.